The summed E-state index contributed by atoms with van der Waals surface area (Å²) in [7, 11) is 5.51. The predicted molar refractivity (Wildman–Crippen MR) is 85.9 cm³/mol. The molecule has 1 fully saturated rings. The van der Waals surface area contributed by atoms with E-state index in [4.69, 9.17) is 4.74 Å². The first-order valence-electron chi connectivity index (χ1n) is 7.97. The summed E-state index contributed by atoms with van der Waals surface area (Å²) >= 11 is 0. The minimum atomic E-state index is 0.0688. The fourth-order valence-corrected chi connectivity index (χ4v) is 3.12. The Morgan fingerprint density at radius 1 is 1.45 bits per heavy atom. The zero-order valence-corrected chi connectivity index (χ0v) is 14.2. The highest BCUT2D eigenvalue weighted by molar-refractivity contribution is 5.93. The molecule has 1 amide bonds. The van der Waals surface area contributed by atoms with Crippen LogP contribution in [-0.2, 0) is 11.8 Å². The van der Waals surface area contributed by atoms with Crippen molar-refractivity contribution in [1.82, 2.24) is 19.4 Å². The van der Waals surface area contributed by atoms with Crippen LogP contribution < -0.4 is 0 Å². The molecule has 1 aromatic heterocycles. The second kappa shape index (κ2) is 7.74. The van der Waals surface area contributed by atoms with Gasteiger partial charge in [-0.3, -0.25) is 4.79 Å². The first-order chi connectivity index (χ1) is 10.5. The monoisotopic (exact) mass is 308 g/mol. The van der Waals surface area contributed by atoms with Gasteiger partial charge in [0.15, 0.2) is 0 Å². The highest BCUT2D eigenvalue weighted by Crippen LogP contribution is 2.19. The maximum atomic E-state index is 12.6. The SMILES string of the molecule is COCCN1CCC(CN(C)C(=O)c2c(C)ncn2C)CC1. The molecule has 0 N–H and O–H groups in total. The van der Waals surface area contributed by atoms with Gasteiger partial charge < -0.3 is 19.1 Å². The molecule has 1 saturated heterocycles. The molecular formula is C16H28N4O2. The summed E-state index contributed by atoms with van der Waals surface area (Å²) in [5.74, 6) is 0.653. The zero-order valence-electron chi connectivity index (χ0n) is 14.2. The number of ether oxygens (including phenoxy) is 1. The largest absolute Gasteiger partial charge is 0.383 e. The smallest absolute Gasteiger partial charge is 0.272 e. The molecule has 1 aliphatic rings. The average molecular weight is 308 g/mol. The Morgan fingerprint density at radius 2 is 2.14 bits per heavy atom. The van der Waals surface area contributed by atoms with Gasteiger partial charge in [0.2, 0.25) is 0 Å². The highest BCUT2D eigenvalue weighted by Gasteiger charge is 2.24. The number of methoxy groups -OCH3 is 1. The minimum Gasteiger partial charge on any atom is -0.383 e. The lowest BCUT2D eigenvalue weighted by Gasteiger charge is -2.33. The predicted octanol–water partition coefficient (Wildman–Crippen LogP) is 1.16. The number of carbonyl (C=O) groups excluding carboxylic acids is 1. The second-order valence-corrected chi connectivity index (χ2v) is 6.25. The first kappa shape index (κ1) is 17.0. The van der Waals surface area contributed by atoms with Gasteiger partial charge in [0, 0.05) is 34.3 Å². The van der Waals surface area contributed by atoms with Crippen LogP contribution in [0.4, 0.5) is 0 Å². The number of carbonyl (C=O) groups is 1. The van der Waals surface area contributed by atoms with Crippen LogP contribution in [0.2, 0.25) is 0 Å². The second-order valence-electron chi connectivity index (χ2n) is 6.25. The molecule has 124 valence electrons. The fourth-order valence-electron chi connectivity index (χ4n) is 3.12. The van der Waals surface area contributed by atoms with Crippen LogP contribution in [0.25, 0.3) is 0 Å². The van der Waals surface area contributed by atoms with Crippen molar-refractivity contribution in [2.45, 2.75) is 19.8 Å². The van der Waals surface area contributed by atoms with E-state index >= 15 is 0 Å². The van der Waals surface area contributed by atoms with Gasteiger partial charge in [-0.15, -0.1) is 0 Å². The molecule has 0 bridgehead atoms. The number of nitrogens with zero attached hydrogens (tertiary/aromatic N) is 4. The number of hydrogen-bond donors (Lipinski definition) is 0. The Kier molecular flexibility index (Phi) is 5.97. The molecule has 1 aliphatic heterocycles. The molecule has 0 radical (unpaired) electrons. The van der Waals surface area contributed by atoms with Gasteiger partial charge in [-0.25, -0.2) is 4.98 Å². The third-order valence-corrected chi connectivity index (χ3v) is 4.52. The Morgan fingerprint density at radius 3 is 2.68 bits per heavy atom. The van der Waals surface area contributed by atoms with Gasteiger partial charge in [-0.2, -0.15) is 0 Å². The summed E-state index contributed by atoms with van der Waals surface area (Å²) in [5.41, 5.74) is 1.49. The van der Waals surface area contributed by atoms with Crippen LogP contribution in [0, 0.1) is 12.8 Å². The molecule has 1 aromatic rings. The van der Waals surface area contributed by atoms with Crippen molar-refractivity contribution in [3.8, 4) is 0 Å². The Bertz CT molecular complexity index is 473. The zero-order chi connectivity index (χ0) is 16.1. The molecule has 0 aromatic carbocycles. The highest BCUT2D eigenvalue weighted by atomic mass is 16.5. The lowest BCUT2D eigenvalue weighted by molar-refractivity contribution is 0.0714. The van der Waals surface area contributed by atoms with Crippen LogP contribution in [-0.4, -0.2) is 72.2 Å². The minimum absolute atomic E-state index is 0.0688. The number of hydrogen-bond acceptors (Lipinski definition) is 4. The Labute approximate surface area is 133 Å². The number of piperidine rings is 1. The molecule has 0 aliphatic carbocycles. The van der Waals surface area contributed by atoms with Crippen molar-refractivity contribution in [3.63, 3.8) is 0 Å². The van der Waals surface area contributed by atoms with Gasteiger partial charge in [-0.1, -0.05) is 0 Å². The summed E-state index contributed by atoms with van der Waals surface area (Å²) in [6.45, 7) is 6.70. The third-order valence-electron chi connectivity index (χ3n) is 4.52. The van der Waals surface area contributed by atoms with E-state index in [0.717, 1.165) is 51.3 Å². The van der Waals surface area contributed by atoms with E-state index in [2.05, 4.69) is 9.88 Å². The first-order valence-corrected chi connectivity index (χ1v) is 7.97. The summed E-state index contributed by atoms with van der Waals surface area (Å²) in [5, 5.41) is 0. The standard InChI is InChI=1S/C16H28N4O2/c1-13-15(19(3)12-17-13)16(21)18(2)11-14-5-7-20(8-6-14)9-10-22-4/h12,14H,5-11H2,1-4H3. The summed E-state index contributed by atoms with van der Waals surface area (Å²) in [6.07, 6.45) is 3.99. The van der Waals surface area contributed by atoms with E-state index in [1.807, 2.05) is 30.5 Å². The molecule has 2 heterocycles. The van der Waals surface area contributed by atoms with Crippen molar-refractivity contribution >= 4 is 5.91 Å². The van der Waals surface area contributed by atoms with E-state index in [1.54, 1.807) is 13.4 Å². The Balaban J connectivity index is 1.83. The third kappa shape index (κ3) is 4.08. The molecule has 0 atom stereocenters. The molecule has 0 saturated carbocycles. The van der Waals surface area contributed by atoms with Crippen LogP contribution in [0.3, 0.4) is 0 Å². The summed E-state index contributed by atoms with van der Waals surface area (Å²) in [4.78, 5) is 21.1. The van der Waals surface area contributed by atoms with Crippen molar-refractivity contribution < 1.29 is 9.53 Å². The molecule has 0 spiro atoms. The molecule has 22 heavy (non-hydrogen) atoms. The van der Waals surface area contributed by atoms with Gasteiger partial charge in [0.1, 0.15) is 5.69 Å². The fraction of sp³-hybridized carbons (Fsp3) is 0.750. The van der Waals surface area contributed by atoms with E-state index in [9.17, 15) is 4.79 Å². The molecule has 6 heteroatoms. The molecular weight excluding hydrogens is 280 g/mol. The lowest BCUT2D eigenvalue weighted by Crippen LogP contribution is -2.40. The molecule has 0 unspecified atom stereocenters. The summed E-state index contributed by atoms with van der Waals surface area (Å²) in [6, 6.07) is 0. The van der Waals surface area contributed by atoms with Crippen molar-refractivity contribution in [1.29, 1.82) is 0 Å². The van der Waals surface area contributed by atoms with E-state index in [1.165, 1.54) is 0 Å². The number of aryl methyl sites for hydroxylation is 2. The van der Waals surface area contributed by atoms with Gasteiger partial charge in [0.25, 0.3) is 5.91 Å². The number of aromatic nitrogens is 2. The molecule has 2 rings (SSSR count). The number of amides is 1. The van der Waals surface area contributed by atoms with Crippen LogP contribution in [0.1, 0.15) is 29.0 Å². The lowest BCUT2D eigenvalue weighted by atomic mass is 9.96. The molecule has 6 nitrogen and oxygen atoms in total. The maximum absolute atomic E-state index is 12.6. The van der Waals surface area contributed by atoms with E-state index in [0.29, 0.717) is 11.6 Å². The van der Waals surface area contributed by atoms with E-state index < -0.39 is 0 Å². The van der Waals surface area contributed by atoms with E-state index in [-0.39, 0.29) is 5.91 Å². The van der Waals surface area contributed by atoms with Crippen LogP contribution in [0.5, 0.6) is 0 Å². The summed E-state index contributed by atoms with van der Waals surface area (Å²) < 4.78 is 6.94. The number of rotatable bonds is 6. The van der Waals surface area contributed by atoms with Crippen molar-refractivity contribution in [2.24, 2.45) is 13.0 Å². The normalized spacial score (nSPS) is 16.9. The van der Waals surface area contributed by atoms with Crippen LogP contribution >= 0.6 is 0 Å². The topological polar surface area (TPSA) is 50.6 Å². The van der Waals surface area contributed by atoms with Gasteiger partial charge >= 0.3 is 0 Å². The van der Waals surface area contributed by atoms with Crippen LogP contribution in [0.15, 0.2) is 6.33 Å². The Hall–Kier alpha value is -1.40. The van der Waals surface area contributed by atoms with Gasteiger partial charge in [0.05, 0.1) is 18.6 Å². The number of imidazole rings is 1. The van der Waals surface area contributed by atoms with Gasteiger partial charge in [-0.05, 0) is 38.8 Å². The van der Waals surface area contributed by atoms with Crippen molar-refractivity contribution in [2.75, 3.05) is 46.9 Å². The maximum Gasteiger partial charge on any atom is 0.272 e. The quantitative estimate of drug-likeness (QED) is 0.791. The van der Waals surface area contributed by atoms with Crippen molar-refractivity contribution in [3.05, 3.63) is 17.7 Å². The number of likely N-dealkylation sites (tertiary alicyclic amines) is 1. The average Bonchev–Trinajstić information content (AvgIpc) is 2.85.